The number of nitrogens with one attached hydrogen (secondary N) is 2. The molecule has 0 unspecified atom stereocenters. The molecule has 6 nitrogen and oxygen atoms in total. The number of methoxy groups -OCH3 is 1. The topological polar surface area (TPSA) is 84.5 Å². The lowest BCUT2D eigenvalue weighted by Gasteiger charge is -2.19. The molecule has 0 aliphatic heterocycles. The van der Waals surface area contributed by atoms with E-state index in [1.54, 1.807) is 56.5 Å². The molecule has 0 aromatic heterocycles. The summed E-state index contributed by atoms with van der Waals surface area (Å²) in [6.45, 7) is 9.90. The van der Waals surface area contributed by atoms with Gasteiger partial charge < -0.3 is 10.1 Å². The average Bonchev–Trinajstić information content (AvgIpc) is 2.75. The molecular weight excluding hydrogens is 436 g/mol. The normalized spacial score (nSPS) is 11.7. The highest BCUT2D eigenvalue weighted by atomic mass is 32.2. The molecule has 0 saturated carbocycles. The number of hydrogen-bond acceptors (Lipinski definition) is 4. The number of carbonyl (C=O) groups excluding carboxylic acids is 1. The maximum absolute atomic E-state index is 13.0. The van der Waals surface area contributed by atoms with Gasteiger partial charge in [0.2, 0.25) is 0 Å². The van der Waals surface area contributed by atoms with Gasteiger partial charge in [0.15, 0.2) is 0 Å². The van der Waals surface area contributed by atoms with Crippen molar-refractivity contribution in [1.82, 2.24) is 0 Å². The first-order chi connectivity index (χ1) is 15.4. The van der Waals surface area contributed by atoms with Gasteiger partial charge >= 0.3 is 0 Å². The van der Waals surface area contributed by atoms with Crippen LogP contribution in [-0.2, 0) is 15.4 Å². The summed E-state index contributed by atoms with van der Waals surface area (Å²) in [5.74, 6) is 0.365. The van der Waals surface area contributed by atoms with Crippen molar-refractivity contribution in [2.75, 3.05) is 17.1 Å². The summed E-state index contributed by atoms with van der Waals surface area (Å²) < 4.78 is 33.9. The second-order valence-electron chi connectivity index (χ2n) is 8.98. The van der Waals surface area contributed by atoms with Gasteiger partial charge in [-0.15, -0.1) is 0 Å². The van der Waals surface area contributed by atoms with Crippen LogP contribution >= 0.6 is 0 Å². The summed E-state index contributed by atoms with van der Waals surface area (Å²) >= 11 is 0. The maximum atomic E-state index is 13.0. The van der Waals surface area contributed by atoms with Crippen LogP contribution in [0.2, 0.25) is 0 Å². The SMILES string of the molecule is COc1ccc(S(=O)(=O)Nc2cccc(NC(=O)c3ccc(C(C)(C)C)cc3)c2)c(C)c1C. The molecule has 174 valence electrons. The van der Waals surface area contributed by atoms with Gasteiger partial charge in [0.1, 0.15) is 5.75 Å². The molecule has 0 spiro atoms. The Morgan fingerprint density at radius 2 is 1.52 bits per heavy atom. The molecule has 3 rings (SSSR count). The van der Waals surface area contributed by atoms with Crippen LogP contribution < -0.4 is 14.8 Å². The second kappa shape index (κ2) is 9.27. The Kier molecular flexibility index (Phi) is 6.84. The number of carbonyl (C=O) groups is 1. The number of amides is 1. The van der Waals surface area contributed by atoms with Gasteiger partial charge in [-0.2, -0.15) is 0 Å². The van der Waals surface area contributed by atoms with Gasteiger partial charge in [0.05, 0.1) is 17.7 Å². The largest absolute Gasteiger partial charge is 0.496 e. The van der Waals surface area contributed by atoms with Crippen molar-refractivity contribution in [3.8, 4) is 5.75 Å². The Morgan fingerprint density at radius 1 is 0.879 bits per heavy atom. The fourth-order valence-corrected chi connectivity index (χ4v) is 4.83. The van der Waals surface area contributed by atoms with Crippen LogP contribution in [0.1, 0.15) is 47.8 Å². The lowest BCUT2D eigenvalue weighted by Crippen LogP contribution is -2.16. The van der Waals surface area contributed by atoms with Crippen LogP contribution in [0.15, 0.2) is 65.6 Å². The van der Waals surface area contributed by atoms with Crippen molar-refractivity contribution in [3.63, 3.8) is 0 Å². The second-order valence-corrected chi connectivity index (χ2v) is 10.6. The first-order valence-electron chi connectivity index (χ1n) is 10.6. The Morgan fingerprint density at radius 3 is 2.12 bits per heavy atom. The molecule has 33 heavy (non-hydrogen) atoms. The number of rotatable bonds is 6. The van der Waals surface area contributed by atoms with Crippen molar-refractivity contribution < 1.29 is 17.9 Å². The molecule has 3 aromatic carbocycles. The van der Waals surface area contributed by atoms with Crippen molar-refractivity contribution in [1.29, 1.82) is 0 Å². The Labute approximate surface area is 196 Å². The molecule has 0 fully saturated rings. The predicted molar refractivity (Wildman–Crippen MR) is 133 cm³/mol. The quantitative estimate of drug-likeness (QED) is 0.491. The summed E-state index contributed by atoms with van der Waals surface area (Å²) in [5, 5.41) is 2.83. The lowest BCUT2D eigenvalue weighted by atomic mass is 9.87. The Bertz CT molecular complexity index is 1270. The zero-order valence-corrected chi connectivity index (χ0v) is 20.6. The highest BCUT2D eigenvalue weighted by Crippen LogP contribution is 2.29. The van der Waals surface area contributed by atoms with E-state index >= 15 is 0 Å². The molecule has 0 heterocycles. The van der Waals surface area contributed by atoms with Crippen molar-refractivity contribution in [3.05, 3.63) is 82.9 Å². The molecule has 1 amide bonds. The van der Waals surface area contributed by atoms with Crippen molar-refractivity contribution in [2.24, 2.45) is 0 Å². The van der Waals surface area contributed by atoms with Crippen LogP contribution in [0.5, 0.6) is 5.75 Å². The molecule has 0 radical (unpaired) electrons. The highest BCUT2D eigenvalue weighted by Gasteiger charge is 2.20. The third-order valence-corrected chi connectivity index (χ3v) is 7.11. The van der Waals surface area contributed by atoms with E-state index in [4.69, 9.17) is 4.74 Å². The summed E-state index contributed by atoms with van der Waals surface area (Å²) in [6.07, 6.45) is 0. The molecule has 0 bridgehead atoms. The third kappa shape index (κ3) is 5.54. The van der Waals surface area contributed by atoms with Crippen molar-refractivity contribution in [2.45, 2.75) is 44.9 Å². The molecule has 7 heteroatoms. The molecule has 0 aliphatic carbocycles. The number of sulfonamides is 1. The van der Waals surface area contributed by atoms with E-state index < -0.39 is 10.0 Å². The van der Waals surface area contributed by atoms with Gasteiger partial charge in [0, 0.05) is 11.3 Å². The highest BCUT2D eigenvalue weighted by molar-refractivity contribution is 7.92. The van der Waals surface area contributed by atoms with Crippen LogP contribution in [0.25, 0.3) is 0 Å². The van der Waals surface area contributed by atoms with E-state index in [0.29, 0.717) is 28.3 Å². The Balaban J connectivity index is 1.78. The minimum atomic E-state index is -3.83. The van der Waals surface area contributed by atoms with Gasteiger partial charge in [-0.25, -0.2) is 8.42 Å². The van der Waals surface area contributed by atoms with Crippen LogP contribution in [0.4, 0.5) is 11.4 Å². The first-order valence-corrected chi connectivity index (χ1v) is 12.1. The summed E-state index contributed by atoms with van der Waals surface area (Å²) in [6, 6.07) is 17.2. The molecular formula is C26H30N2O4S. The fraction of sp³-hybridized carbons (Fsp3) is 0.269. The van der Waals surface area contributed by atoms with E-state index in [-0.39, 0.29) is 16.2 Å². The van der Waals surface area contributed by atoms with E-state index in [2.05, 4.69) is 30.8 Å². The molecule has 3 aromatic rings. The minimum Gasteiger partial charge on any atom is -0.496 e. The average molecular weight is 467 g/mol. The van der Waals surface area contributed by atoms with Gasteiger partial charge in [0.25, 0.3) is 15.9 Å². The summed E-state index contributed by atoms with van der Waals surface area (Å²) in [4.78, 5) is 12.8. The lowest BCUT2D eigenvalue weighted by molar-refractivity contribution is 0.102. The number of hydrogen-bond donors (Lipinski definition) is 2. The number of ether oxygens (including phenoxy) is 1. The third-order valence-electron chi connectivity index (χ3n) is 5.58. The van der Waals surface area contributed by atoms with Crippen LogP contribution in [-0.4, -0.2) is 21.4 Å². The smallest absolute Gasteiger partial charge is 0.262 e. The fourth-order valence-electron chi connectivity index (χ4n) is 3.48. The van der Waals surface area contributed by atoms with E-state index in [0.717, 1.165) is 11.1 Å². The first kappa shape index (κ1) is 24.3. The zero-order chi connectivity index (χ0) is 24.4. The standard InChI is InChI=1S/C26H30N2O4S/c1-17-18(2)24(15-14-23(17)32-6)33(30,31)28-22-9-7-8-21(16-22)27-25(29)19-10-12-20(13-11-19)26(3,4)5/h7-16,28H,1-6H3,(H,27,29). The molecule has 2 N–H and O–H groups in total. The Hall–Kier alpha value is -3.32. The predicted octanol–water partition coefficient (Wildman–Crippen LogP) is 5.66. The van der Waals surface area contributed by atoms with E-state index in [1.807, 2.05) is 19.1 Å². The zero-order valence-electron chi connectivity index (χ0n) is 19.8. The molecule has 0 atom stereocenters. The van der Waals surface area contributed by atoms with Gasteiger partial charge in [-0.3, -0.25) is 9.52 Å². The van der Waals surface area contributed by atoms with Crippen LogP contribution in [0.3, 0.4) is 0 Å². The van der Waals surface area contributed by atoms with Gasteiger partial charge in [-0.1, -0.05) is 39.0 Å². The molecule has 0 aliphatic rings. The minimum absolute atomic E-state index is 0.00127. The van der Waals surface area contributed by atoms with Crippen LogP contribution in [0, 0.1) is 13.8 Å². The maximum Gasteiger partial charge on any atom is 0.262 e. The summed E-state index contributed by atoms with van der Waals surface area (Å²) in [7, 11) is -2.28. The molecule has 0 saturated heterocycles. The van der Waals surface area contributed by atoms with Gasteiger partial charge in [-0.05, 0) is 78.4 Å². The number of benzene rings is 3. The monoisotopic (exact) mass is 466 g/mol. The van der Waals surface area contributed by atoms with E-state index in [1.165, 1.54) is 6.07 Å². The van der Waals surface area contributed by atoms with Crippen molar-refractivity contribution >= 4 is 27.3 Å². The summed E-state index contributed by atoms with van der Waals surface area (Å²) in [5.41, 5.74) is 3.88. The number of anilines is 2. The van der Waals surface area contributed by atoms with E-state index in [9.17, 15) is 13.2 Å².